The molecule has 3 aromatic heterocycles. The van der Waals surface area contributed by atoms with Gasteiger partial charge in [-0.2, -0.15) is 0 Å². The highest BCUT2D eigenvalue weighted by Crippen LogP contribution is 2.25. The normalized spacial score (nSPS) is 11.5. The number of hydrogen-bond donors (Lipinski definition) is 2. The lowest BCUT2D eigenvalue weighted by atomic mass is 10.1. The van der Waals surface area contributed by atoms with Crippen LogP contribution in [0.2, 0.25) is 0 Å². The van der Waals surface area contributed by atoms with Crippen molar-refractivity contribution in [3.63, 3.8) is 0 Å². The number of nitrogens with zero attached hydrogens (tertiary/aromatic N) is 4. The Morgan fingerprint density at radius 3 is 2.69 bits per heavy atom. The van der Waals surface area contributed by atoms with E-state index in [0.29, 0.717) is 12.4 Å². The Kier molecular flexibility index (Phi) is 4.74. The third kappa shape index (κ3) is 3.41. The molecule has 7 nitrogen and oxygen atoms in total. The van der Waals surface area contributed by atoms with E-state index < -0.39 is 5.97 Å². The molecule has 0 saturated heterocycles. The van der Waals surface area contributed by atoms with E-state index in [9.17, 15) is 9.90 Å². The first kappa shape index (κ1) is 19.9. The average molecular weight is 425 g/mol. The van der Waals surface area contributed by atoms with Gasteiger partial charge in [0.05, 0.1) is 23.1 Å². The van der Waals surface area contributed by atoms with Crippen LogP contribution >= 0.6 is 0 Å². The molecule has 0 amide bonds. The second kappa shape index (κ2) is 7.60. The van der Waals surface area contributed by atoms with E-state index in [-0.39, 0.29) is 5.56 Å². The summed E-state index contributed by atoms with van der Waals surface area (Å²) in [5.74, 6) is 0.705. The molecule has 0 aliphatic carbocycles. The monoisotopic (exact) mass is 425 g/mol. The minimum atomic E-state index is -0.955. The summed E-state index contributed by atoms with van der Waals surface area (Å²) >= 11 is 0. The molecule has 5 aromatic rings. The van der Waals surface area contributed by atoms with Gasteiger partial charge in [-0.15, -0.1) is 0 Å². The van der Waals surface area contributed by atoms with Crippen LogP contribution in [0, 0.1) is 13.8 Å². The van der Waals surface area contributed by atoms with Gasteiger partial charge in [0.1, 0.15) is 17.2 Å². The number of aromatic amines is 1. The molecule has 2 N–H and O–H groups in total. The summed E-state index contributed by atoms with van der Waals surface area (Å²) in [6, 6.07) is 15.0. The number of carboxylic acid groups (broad SMARTS) is 1. The van der Waals surface area contributed by atoms with Crippen LogP contribution in [-0.4, -0.2) is 35.6 Å². The highest BCUT2D eigenvalue weighted by Gasteiger charge is 2.15. The van der Waals surface area contributed by atoms with Crippen molar-refractivity contribution in [1.29, 1.82) is 0 Å². The largest absolute Gasteiger partial charge is 0.478 e. The molecule has 160 valence electrons. The number of aryl methyl sites for hydroxylation is 3. The Labute approximate surface area is 184 Å². The lowest BCUT2D eigenvalue weighted by molar-refractivity contribution is 0.0697. The zero-order valence-electron chi connectivity index (χ0n) is 18.2. The van der Waals surface area contributed by atoms with Crippen molar-refractivity contribution in [2.45, 2.75) is 33.7 Å². The van der Waals surface area contributed by atoms with Gasteiger partial charge in [0.15, 0.2) is 5.65 Å². The summed E-state index contributed by atoms with van der Waals surface area (Å²) < 4.78 is 2.18. The summed E-state index contributed by atoms with van der Waals surface area (Å²) in [4.78, 5) is 28.9. The molecule has 7 heteroatoms. The number of imidazole rings is 2. The number of rotatable bonds is 5. The number of H-pyrrole nitrogens is 1. The number of aromatic nitrogens is 5. The zero-order chi connectivity index (χ0) is 22.4. The van der Waals surface area contributed by atoms with Crippen LogP contribution in [0.4, 0.5) is 0 Å². The van der Waals surface area contributed by atoms with Gasteiger partial charge in [-0.05, 0) is 55.3 Å². The van der Waals surface area contributed by atoms with E-state index in [1.807, 2.05) is 19.1 Å². The van der Waals surface area contributed by atoms with Crippen molar-refractivity contribution in [1.82, 2.24) is 24.5 Å². The van der Waals surface area contributed by atoms with Crippen molar-refractivity contribution in [3.8, 4) is 11.4 Å². The summed E-state index contributed by atoms with van der Waals surface area (Å²) in [5, 5.41) is 9.26. The van der Waals surface area contributed by atoms with Crippen LogP contribution in [0.1, 0.15) is 39.9 Å². The first-order chi connectivity index (χ1) is 15.4. The molecule has 0 atom stereocenters. The third-order valence-electron chi connectivity index (χ3n) is 5.69. The number of nitrogens with one attached hydrogen (secondary N) is 1. The van der Waals surface area contributed by atoms with Gasteiger partial charge < -0.3 is 14.7 Å². The van der Waals surface area contributed by atoms with Crippen LogP contribution < -0.4 is 0 Å². The smallest absolute Gasteiger partial charge is 0.335 e. The molecule has 0 bridgehead atoms. The lowest BCUT2D eigenvalue weighted by Gasteiger charge is -2.08. The van der Waals surface area contributed by atoms with E-state index >= 15 is 0 Å². The summed E-state index contributed by atoms with van der Waals surface area (Å²) in [6.45, 7) is 6.85. The summed E-state index contributed by atoms with van der Waals surface area (Å²) in [7, 11) is 0. The minimum absolute atomic E-state index is 0.237. The molecule has 0 spiro atoms. The van der Waals surface area contributed by atoms with Crippen LogP contribution in [0.3, 0.4) is 0 Å². The van der Waals surface area contributed by atoms with Gasteiger partial charge in [-0.3, -0.25) is 0 Å². The molecule has 0 unspecified atom stereocenters. The van der Waals surface area contributed by atoms with Crippen LogP contribution in [0.25, 0.3) is 33.6 Å². The predicted molar refractivity (Wildman–Crippen MR) is 124 cm³/mol. The number of fused-ring (bicyclic) bond motifs is 2. The highest BCUT2D eigenvalue weighted by atomic mass is 16.4. The molecule has 32 heavy (non-hydrogen) atoms. The first-order valence-corrected chi connectivity index (χ1v) is 10.6. The molecule has 0 fully saturated rings. The Morgan fingerprint density at radius 1 is 1.06 bits per heavy atom. The number of aromatic carboxylic acids is 1. The molecule has 2 aromatic carbocycles. The van der Waals surface area contributed by atoms with Gasteiger partial charge in [-0.25, -0.2) is 19.7 Å². The van der Waals surface area contributed by atoms with E-state index in [0.717, 1.165) is 56.8 Å². The molecule has 5 rings (SSSR count). The Morgan fingerprint density at radius 2 is 1.91 bits per heavy atom. The van der Waals surface area contributed by atoms with E-state index in [4.69, 9.17) is 9.97 Å². The van der Waals surface area contributed by atoms with E-state index in [1.165, 1.54) is 0 Å². The van der Waals surface area contributed by atoms with E-state index in [1.54, 1.807) is 18.2 Å². The maximum absolute atomic E-state index is 11.3. The van der Waals surface area contributed by atoms with Crippen LogP contribution in [-0.2, 0) is 13.0 Å². The predicted octanol–water partition coefficient (Wildman–Crippen LogP) is 4.90. The van der Waals surface area contributed by atoms with Crippen molar-refractivity contribution in [3.05, 3.63) is 76.7 Å². The van der Waals surface area contributed by atoms with Crippen molar-refractivity contribution < 1.29 is 9.90 Å². The van der Waals surface area contributed by atoms with Gasteiger partial charge in [-0.1, -0.05) is 25.1 Å². The quantitative estimate of drug-likeness (QED) is 0.417. The molecule has 0 aliphatic rings. The topological polar surface area (TPSA) is 96.7 Å². The van der Waals surface area contributed by atoms with Crippen molar-refractivity contribution in [2.75, 3.05) is 0 Å². The Hall–Kier alpha value is -4.00. The molecular formula is C25H23N5O2. The van der Waals surface area contributed by atoms with E-state index in [2.05, 4.69) is 46.6 Å². The molecule has 3 heterocycles. The van der Waals surface area contributed by atoms with Crippen molar-refractivity contribution >= 4 is 28.2 Å². The number of benzene rings is 2. The van der Waals surface area contributed by atoms with Gasteiger partial charge in [0.25, 0.3) is 0 Å². The first-order valence-electron chi connectivity index (χ1n) is 10.6. The lowest BCUT2D eigenvalue weighted by Crippen LogP contribution is -2.05. The second-order valence-corrected chi connectivity index (χ2v) is 8.04. The maximum atomic E-state index is 11.3. The maximum Gasteiger partial charge on any atom is 0.335 e. The Balaban J connectivity index is 1.54. The number of hydrogen-bond acceptors (Lipinski definition) is 4. The number of carboxylic acids is 1. The standard InChI is InChI=1S/C25H23N5O2/c1-4-21-29-22-14(2)10-15(3)26-24(22)30(21)13-16-8-9-19-20(11-16)28-23(27-19)17-6-5-7-18(12-17)25(31)32/h5-12H,4,13H2,1-3H3,(H,27,28)(H,31,32). The minimum Gasteiger partial charge on any atom is -0.478 e. The zero-order valence-corrected chi connectivity index (χ0v) is 18.2. The summed E-state index contributed by atoms with van der Waals surface area (Å²) in [5.41, 5.74) is 7.82. The fourth-order valence-electron chi connectivity index (χ4n) is 4.16. The number of carbonyl (C=O) groups is 1. The van der Waals surface area contributed by atoms with Gasteiger partial charge in [0, 0.05) is 17.7 Å². The number of pyridine rings is 1. The van der Waals surface area contributed by atoms with Gasteiger partial charge >= 0.3 is 5.97 Å². The fraction of sp³-hybridized carbons (Fsp3) is 0.200. The molecule has 0 aliphatic heterocycles. The summed E-state index contributed by atoms with van der Waals surface area (Å²) in [6.07, 6.45) is 0.825. The highest BCUT2D eigenvalue weighted by molar-refractivity contribution is 5.89. The van der Waals surface area contributed by atoms with Gasteiger partial charge in [0.2, 0.25) is 0 Å². The SMILES string of the molecule is CCc1nc2c(C)cc(C)nc2n1Cc1ccc2nc(-c3cccc(C(=O)O)c3)[nH]c2c1. The molecule has 0 radical (unpaired) electrons. The second-order valence-electron chi connectivity index (χ2n) is 8.04. The third-order valence-corrected chi connectivity index (χ3v) is 5.69. The average Bonchev–Trinajstić information content (AvgIpc) is 3.35. The Bertz CT molecular complexity index is 1500. The molecule has 0 saturated carbocycles. The van der Waals surface area contributed by atoms with Crippen molar-refractivity contribution in [2.24, 2.45) is 0 Å². The fourth-order valence-corrected chi connectivity index (χ4v) is 4.16. The van der Waals surface area contributed by atoms with Crippen LogP contribution in [0.15, 0.2) is 48.5 Å². The molecular weight excluding hydrogens is 402 g/mol. The van der Waals surface area contributed by atoms with Crippen LogP contribution in [0.5, 0.6) is 0 Å².